The molecule has 0 fully saturated rings. The molecule has 0 aromatic carbocycles. The number of rotatable bonds is 50. The van der Waals surface area contributed by atoms with Crippen LogP contribution in [0.3, 0.4) is 0 Å². The highest BCUT2D eigenvalue weighted by Crippen LogP contribution is 2.16. The van der Waals surface area contributed by atoms with Crippen LogP contribution in [0.25, 0.3) is 0 Å². The maximum Gasteiger partial charge on any atom is 0.306 e. The van der Waals surface area contributed by atoms with Crippen molar-refractivity contribution in [2.75, 3.05) is 13.2 Å². The minimum absolute atomic E-state index is 0.0648. The van der Waals surface area contributed by atoms with Gasteiger partial charge < -0.3 is 14.2 Å². The van der Waals surface area contributed by atoms with Gasteiger partial charge in [0.15, 0.2) is 6.10 Å². The molecule has 0 bridgehead atoms. The SMILES string of the molecule is CCCCCCCC/C=C\CCCCCCCCCCCCCC(=O)OC(COC(=O)CCCCCCCCCCCCC)COC(=O)CCCCCCCCCCCCC. The second kappa shape index (κ2) is 50.8. The van der Waals surface area contributed by atoms with Gasteiger partial charge in [-0.2, -0.15) is 0 Å². The smallest absolute Gasteiger partial charge is 0.306 e. The molecule has 0 rings (SSSR count). The first-order valence-corrected chi connectivity index (χ1v) is 27.2. The van der Waals surface area contributed by atoms with Crippen molar-refractivity contribution >= 4 is 17.9 Å². The van der Waals surface area contributed by atoms with E-state index in [0.717, 1.165) is 57.8 Å². The number of allylic oxidation sites excluding steroid dienone is 2. The number of carbonyl (C=O) groups is 3. The Morgan fingerprint density at radius 3 is 0.820 bits per heavy atom. The first-order valence-electron chi connectivity index (χ1n) is 27.2. The third kappa shape index (κ3) is 49.0. The Morgan fingerprint density at radius 1 is 0.311 bits per heavy atom. The Labute approximate surface area is 380 Å². The van der Waals surface area contributed by atoms with Crippen molar-refractivity contribution in [2.24, 2.45) is 0 Å². The maximum absolute atomic E-state index is 12.8. The molecule has 61 heavy (non-hydrogen) atoms. The average molecular weight is 861 g/mol. The van der Waals surface area contributed by atoms with Gasteiger partial charge in [-0.1, -0.05) is 251 Å². The van der Waals surface area contributed by atoms with Crippen molar-refractivity contribution in [3.8, 4) is 0 Å². The largest absolute Gasteiger partial charge is 0.462 e. The quantitative estimate of drug-likeness (QED) is 0.0262. The summed E-state index contributed by atoms with van der Waals surface area (Å²) in [6, 6.07) is 0. The van der Waals surface area contributed by atoms with E-state index in [1.807, 2.05) is 0 Å². The third-order valence-electron chi connectivity index (χ3n) is 12.3. The van der Waals surface area contributed by atoms with Crippen LogP contribution < -0.4 is 0 Å². The van der Waals surface area contributed by atoms with Crippen LogP contribution in [0.5, 0.6) is 0 Å². The molecule has 360 valence electrons. The summed E-state index contributed by atoms with van der Waals surface area (Å²) in [4.78, 5) is 37.9. The monoisotopic (exact) mass is 861 g/mol. The van der Waals surface area contributed by atoms with Crippen molar-refractivity contribution < 1.29 is 28.6 Å². The fourth-order valence-corrected chi connectivity index (χ4v) is 8.14. The summed E-state index contributed by atoms with van der Waals surface area (Å²) < 4.78 is 16.8. The van der Waals surface area contributed by atoms with E-state index in [-0.39, 0.29) is 31.1 Å². The van der Waals surface area contributed by atoms with Crippen LogP contribution in [-0.4, -0.2) is 37.2 Å². The third-order valence-corrected chi connectivity index (χ3v) is 12.3. The van der Waals surface area contributed by atoms with Crippen molar-refractivity contribution in [2.45, 2.75) is 309 Å². The van der Waals surface area contributed by atoms with E-state index >= 15 is 0 Å². The normalized spacial score (nSPS) is 11.5. The van der Waals surface area contributed by atoms with Crippen molar-refractivity contribution in [1.82, 2.24) is 0 Å². The molecule has 0 aliphatic rings. The van der Waals surface area contributed by atoms with Crippen molar-refractivity contribution in [3.05, 3.63) is 12.2 Å². The average Bonchev–Trinajstić information content (AvgIpc) is 3.26. The molecule has 0 heterocycles. The lowest BCUT2D eigenvalue weighted by Gasteiger charge is -2.18. The van der Waals surface area contributed by atoms with Gasteiger partial charge in [0, 0.05) is 19.3 Å². The molecule has 0 aromatic rings. The Morgan fingerprint density at radius 2 is 0.541 bits per heavy atom. The number of hydrogen-bond donors (Lipinski definition) is 0. The van der Waals surface area contributed by atoms with Crippen LogP contribution in [0, 0.1) is 0 Å². The van der Waals surface area contributed by atoms with E-state index in [1.54, 1.807) is 0 Å². The predicted molar refractivity (Wildman–Crippen MR) is 261 cm³/mol. The van der Waals surface area contributed by atoms with Crippen LogP contribution >= 0.6 is 0 Å². The lowest BCUT2D eigenvalue weighted by Crippen LogP contribution is -2.30. The summed E-state index contributed by atoms with van der Waals surface area (Å²) >= 11 is 0. The van der Waals surface area contributed by atoms with Gasteiger partial charge in [-0.25, -0.2) is 0 Å². The van der Waals surface area contributed by atoms with Gasteiger partial charge in [0.2, 0.25) is 0 Å². The molecule has 0 radical (unpaired) electrons. The second-order valence-electron chi connectivity index (χ2n) is 18.5. The molecule has 6 nitrogen and oxygen atoms in total. The number of unbranched alkanes of at least 4 members (excludes halogenated alkanes) is 37. The Balaban J connectivity index is 4.23. The zero-order valence-electron chi connectivity index (χ0n) is 41.2. The van der Waals surface area contributed by atoms with Crippen LogP contribution in [0.2, 0.25) is 0 Å². The zero-order chi connectivity index (χ0) is 44.4. The first kappa shape index (κ1) is 59.1. The van der Waals surface area contributed by atoms with E-state index in [9.17, 15) is 14.4 Å². The first-order chi connectivity index (χ1) is 30.0. The maximum atomic E-state index is 12.8. The van der Waals surface area contributed by atoms with Gasteiger partial charge in [-0.05, 0) is 44.9 Å². The van der Waals surface area contributed by atoms with Crippen molar-refractivity contribution in [1.29, 1.82) is 0 Å². The highest BCUT2D eigenvalue weighted by molar-refractivity contribution is 5.71. The topological polar surface area (TPSA) is 78.9 Å². The highest BCUT2D eigenvalue weighted by atomic mass is 16.6. The lowest BCUT2D eigenvalue weighted by molar-refractivity contribution is -0.167. The van der Waals surface area contributed by atoms with E-state index in [0.29, 0.717) is 19.3 Å². The Bertz CT molecular complexity index is 905. The number of carbonyl (C=O) groups excluding carboxylic acids is 3. The molecule has 0 N–H and O–H groups in total. The van der Waals surface area contributed by atoms with E-state index < -0.39 is 6.10 Å². The fourth-order valence-electron chi connectivity index (χ4n) is 8.14. The standard InChI is InChI=1S/C55H104O6/c1-4-7-10-13-16-19-22-23-24-25-26-27-28-29-30-31-34-37-40-43-46-49-55(58)61-52(50-59-53(56)47-44-41-38-35-32-20-17-14-11-8-5-2)51-60-54(57)48-45-42-39-36-33-21-18-15-12-9-6-3/h23-24,52H,4-22,25-51H2,1-3H3/b24-23-. The molecule has 0 aliphatic carbocycles. The molecule has 0 amide bonds. The van der Waals surface area contributed by atoms with Crippen LogP contribution in [0.4, 0.5) is 0 Å². The van der Waals surface area contributed by atoms with Gasteiger partial charge in [0.1, 0.15) is 13.2 Å². The van der Waals surface area contributed by atoms with Gasteiger partial charge >= 0.3 is 17.9 Å². The van der Waals surface area contributed by atoms with E-state index in [1.165, 1.54) is 205 Å². The molecule has 0 saturated heterocycles. The fraction of sp³-hybridized carbons (Fsp3) is 0.909. The molecular weight excluding hydrogens is 757 g/mol. The molecular formula is C55H104O6. The van der Waals surface area contributed by atoms with Crippen LogP contribution in [-0.2, 0) is 28.6 Å². The number of esters is 3. The van der Waals surface area contributed by atoms with Gasteiger partial charge in [0.05, 0.1) is 0 Å². The zero-order valence-corrected chi connectivity index (χ0v) is 41.2. The minimum atomic E-state index is -0.763. The van der Waals surface area contributed by atoms with Gasteiger partial charge in [-0.15, -0.1) is 0 Å². The molecule has 0 aromatic heterocycles. The summed E-state index contributed by atoms with van der Waals surface area (Å²) in [7, 11) is 0. The summed E-state index contributed by atoms with van der Waals surface area (Å²) in [6.07, 6.45) is 56.3. The van der Waals surface area contributed by atoms with Crippen molar-refractivity contribution in [3.63, 3.8) is 0 Å². The summed E-state index contributed by atoms with van der Waals surface area (Å²) in [5, 5.41) is 0. The number of ether oxygens (including phenoxy) is 3. The van der Waals surface area contributed by atoms with Gasteiger partial charge in [0.25, 0.3) is 0 Å². The highest BCUT2D eigenvalue weighted by Gasteiger charge is 2.19. The van der Waals surface area contributed by atoms with Crippen LogP contribution in [0.1, 0.15) is 303 Å². The summed E-state index contributed by atoms with van der Waals surface area (Å²) in [6.45, 7) is 6.66. The summed E-state index contributed by atoms with van der Waals surface area (Å²) in [5.74, 6) is -0.849. The molecule has 0 spiro atoms. The second-order valence-corrected chi connectivity index (χ2v) is 18.5. The molecule has 0 saturated carbocycles. The molecule has 0 atom stereocenters. The van der Waals surface area contributed by atoms with E-state index in [4.69, 9.17) is 14.2 Å². The lowest BCUT2D eigenvalue weighted by atomic mass is 10.0. The number of hydrogen-bond acceptors (Lipinski definition) is 6. The molecule has 6 heteroatoms. The van der Waals surface area contributed by atoms with E-state index in [2.05, 4.69) is 32.9 Å². The van der Waals surface area contributed by atoms with Crippen LogP contribution in [0.15, 0.2) is 12.2 Å². The Kier molecular flexibility index (Phi) is 49.3. The molecule has 0 aliphatic heterocycles. The summed E-state index contributed by atoms with van der Waals surface area (Å²) in [5.41, 5.74) is 0. The Hall–Kier alpha value is -1.85. The predicted octanol–water partition coefficient (Wildman–Crippen LogP) is 17.8. The molecule has 0 unspecified atom stereocenters. The van der Waals surface area contributed by atoms with Gasteiger partial charge in [-0.3, -0.25) is 14.4 Å². The minimum Gasteiger partial charge on any atom is -0.462 e.